The van der Waals surface area contributed by atoms with E-state index in [1.807, 2.05) is 63.8 Å². The number of hydrogen-bond donors (Lipinski definition) is 0. The molecule has 0 aliphatic rings. The van der Waals surface area contributed by atoms with Gasteiger partial charge in [-0.3, -0.25) is 0 Å². The Kier molecular flexibility index (Phi) is 804. The summed E-state index contributed by atoms with van der Waals surface area (Å²) >= 11 is 8.00. The first-order chi connectivity index (χ1) is 4.00. The third-order valence-corrected chi connectivity index (χ3v) is 0. The maximum absolute atomic E-state index is 8.00. The molecule has 0 aliphatic carbocycles. The van der Waals surface area contributed by atoms with E-state index < -0.39 is 0 Å². The van der Waals surface area contributed by atoms with Crippen molar-refractivity contribution < 1.29 is 96.2 Å². The van der Waals surface area contributed by atoms with Gasteiger partial charge in [0.05, 0.1) is 0 Å². The molecule has 0 unspecified atom stereocenters. The van der Waals surface area contributed by atoms with Crippen LogP contribution in [0, 0.1) is 0 Å². The van der Waals surface area contributed by atoms with Gasteiger partial charge in [-0.25, -0.2) is 0 Å². The van der Waals surface area contributed by atoms with Gasteiger partial charge < -0.3 is 0 Å². The summed E-state index contributed by atoms with van der Waals surface area (Å²) in [6, 6.07) is 0. The van der Waals surface area contributed by atoms with Gasteiger partial charge in [-0.15, -0.1) is 0 Å². The molecular formula is Fe5O4. The fourth-order valence-electron chi connectivity index (χ4n) is 0. The molecule has 0 aromatic carbocycles. The standard InChI is InChI=1S/5Fe.4O. The molecule has 0 rings (SSSR count). The second-order valence-corrected chi connectivity index (χ2v) is 0. The summed E-state index contributed by atoms with van der Waals surface area (Å²) < 4.78 is 32.0. The maximum atomic E-state index is 8.00. The molecule has 0 saturated heterocycles. The van der Waals surface area contributed by atoms with Crippen LogP contribution in [0.5, 0.6) is 0 Å². The topological polar surface area (TPSA) is 68.3 Å². The molecule has 9 heteroatoms. The summed E-state index contributed by atoms with van der Waals surface area (Å²) in [5.74, 6) is 0. The zero-order chi connectivity index (χ0) is 8.00. The van der Waals surface area contributed by atoms with E-state index in [0.29, 0.717) is 0 Å². The Balaban J connectivity index is -0.00000000762. The van der Waals surface area contributed by atoms with Crippen LogP contribution < -0.4 is 0 Å². The Hall–Kier alpha value is 1.80. The molecule has 9 heavy (non-hydrogen) atoms. The zero-order valence-corrected chi connectivity index (χ0v) is 8.92. The summed E-state index contributed by atoms with van der Waals surface area (Å²) in [5.41, 5.74) is 0. The van der Waals surface area contributed by atoms with E-state index in [1.54, 1.807) is 0 Å². The van der Waals surface area contributed by atoms with Crippen molar-refractivity contribution in [3.05, 3.63) is 0 Å². The molecule has 0 N–H and O–H groups in total. The molecule has 0 fully saturated rings. The minimum absolute atomic E-state index is 0. The predicted octanol–water partition coefficient (Wildman–Crippen LogP) is -0.488. The van der Waals surface area contributed by atoms with Gasteiger partial charge in [0.15, 0.2) is 0 Å². The molecule has 0 radical (unpaired) electrons. The van der Waals surface area contributed by atoms with E-state index in [9.17, 15) is 0 Å². The van der Waals surface area contributed by atoms with Gasteiger partial charge in [-0.05, 0) is 0 Å². The Morgan fingerprint density at radius 2 is 0.444 bits per heavy atom. The van der Waals surface area contributed by atoms with Gasteiger partial charge in [0.2, 0.25) is 0 Å². The zero-order valence-electron chi connectivity index (χ0n) is 3.40. The summed E-state index contributed by atoms with van der Waals surface area (Å²) in [5, 5.41) is 0. The van der Waals surface area contributed by atoms with Crippen molar-refractivity contribution in [1.29, 1.82) is 0 Å². The fourth-order valence-corrected chi connectivity index (χ4v) is 0. The van der Waals surface area contributed by atoms with E-state index in [1.165, 1.54) is 0 Å². The van der Waals surface area contributed by atoms with Crippen molar-refractivity contribution in [3.63, 3.8) is 0 Å². The molecule has 0 aromatic rings. The molecule has 64 valence electrons. The van der Waals surface area contributed by atoms with Crippen LogP contribution in [0.15, 0.2) is 0 Å². The monoisotopic (exact) mass is 344 g/mol. The van der Waals surface area contributed by atoms with E-state index in [-0.39, 0.29) is 17.1 Å². The van der Waals surface area contributed by atoms with Crippen LogP contribution in [0.25, 0.3) is 0 Å². The van der Waals surface area contributed by atoms with Gasteiger partial charge in [0.25, 0.3) is 0 Å². The quantitative estimate of drug-likeness (QED) is 0.557. The van der Waals surface area contributed by atoms with Crippen molar-refractivity contribution in [2.45, 2.75) is 0 Å². The van der Waals surface area contributed by atoms with Crippen LogP contribution in [0.4, 0.5) is 0 Å². The van der Waals surface area contributed by atoms with Crippen LogP contribution in [-0.2, 0) is 96.2 Å². The second kappa shape index (κ2) is 235. The molecule has 0 saturated carbocycles. The van der Waals surface area contributed by atoms with Gasteiger partial charge >= 0.3 is 79.1 Å². The normalized spacial score (nSPS) is 2.22. The Labute approximate surface area is 95.2 Å². The second-order valence-electron chi connectivity index (χ2n) is 0. The first kappa shape index (κ1) is 30.8. The Morgan fingerprint density at radius 1 is 0.444 bits per heavy atom. The molecule has 0 aliphatic heterocycles. The first-order valence-electron chi connectivity index (χ1n) is 0.577. The van der Waals surface area contributed by atoms with Crippen LogP contribution in [0.1, 0.15) is 0 Å². The molecule has 0 amide bonds. The number of hydrogen-bond acceptors (Lipinski definition) is 4. The van der Waals surface area contributed by atoms with Gasteiger partial charge in [0, 0.05) is 17.1 Å². The third kappa shape index (κ3) is 184. The number of rotatable bonds is 0. The van der Waals surface area contributed by atoms with Crippen molar-refractivity contribution in [1.82, 2.24) is 0 Å². The molecule has 0 bridgehead atoms. The summed E-state index contributed by atoms with van der Waals surface area (Å²) in [6.07, 6.45) is 0. The summed E-state index contributed by atoms with van der Waals surface area (Å²) in [6.45, 7) is 0. The van der Waals surface area contributed by atoms with Crippen LogP contribution >= 0.6 is 0 Å². The summed E-state index contributed by atoms with van der Waals surface area (Å²) in [7, 11) is 0. The van der Waals surface area contributed by atoms with E-state index in [2.05, 4.69) is 0 Å². The van der Waals surface area contributed by atoms with Crippen molar-refractivity contribution in [3.8, 4) is 0 Å². The molecule has 0 spiro atoms. The van der Waals surface area contributed by atoms with Gasteiger partial charge in [-0.2, -0.15) is 0 Å². The van der Waals surface area contributed by atoms with Gasteiger partial charge in [-0.1, -0.05) is 0 Å². The minimum atomic E-state index is 0. The SMILES string of the molecule is [Fe].[O]=[Fe].[O]=[Fe].[O]=[Fe].[O]=[Fe]. The van der Waals surface area contributed by atoms with Crippen LogP contribution in [0.3, 0.4) is 0 Å². The van der Waals surface area contributed by atoms with E-state index >= 15 is 0 Å². The molecule has 4 nitrogen and oxygen atoms in total. The molecule has 0 heterocycles. The molecule has 0 aromatic heterocycles. The van der Waals surface area contributed by atoms with Gasteiger partial charge in [0.1, 0.15) is 0 Å². The Bertz CT molecular complexity index is 16.9. The van der Waals surface area contributed by atoms with E-state index in [0.717, 1.165) is 0 Å². The average molecular weight is 343 g/mol. The predicted molar refractivity (Wildman–Crippen MR) is 2.75 cm³/mol. The average Bonchev–Trinajstić information content (AvgIpc) is 2.03. The molecular weight excluding hydrogens is 343 g/mol. The molecule has 0 atom stereocenters. The van der Waals surface area contributed by atoms with Crippen LogP contribution in [-0.4, -0.2) is 0 Å². The van der Waals surface area contributed by atoms with Crippen molar-refractivity contribution in [2.75, 3.05) is 0 Å². The van der Waals surface area contributed by atoms with E-state index in [4.69, 9.17) is 15.3 Å². The third-order valence-electron chi connectivity index (χ3n) is 0. The Morgan fingerprint density at radius 3 is 0.444 bits per heavy atom. The van der Waals surface area contributed by atoms with Crippen molar-refractivity contribution >= 4 is 0 Å². The first-order valence-corrected chi connectivity index (χ1v) is 2.38. The summed E-state index contributed by atoms with van der Waals surface area (Å²) in [4.78, 5) is 0. The van der Waals surface area contributed by atoms with Crippen LogP contribution in [0.2, 0.25) is 0 Å². The van der Waals surface area contributed by atoms with Crippen molar-refractivity contribution in [2.24, 2.45) is 0 Å². The fraction of sp³-hybridized carbons (Fsp3) is 0.